The van der Waals surface area contributed by atoms with Gasteiger partial charge in [-0.25, -0.2) is 17.2 Å². The van der Waals surface area contributed by atoms with Crippen molar-refractivity contribution in [2.24, 2.45) is 5.92 Å². The lowest BCUT2D eigenvalue weighted by molar-refractivity contribution is -0.348. The molecule has 0 unspecified atom stereocenters. The van der Waals surface area contributed by atoms with E-state index in [1.54, 1.807) is 13.8 Å². The normalized spacial score (nSPS) is 25.0. The zero-order chi connectivity index (χ0) is 33.2. The van der Waals surface area contributed by atoms with Gasteiger partial charge in [0.2, 0.25) is 5.91 Å². The van der Waals surface area contributed by atoms with Crippen LogP contribution in [0.1, 0.15) is 49.8 Å². The number of morpholine rings is 1. The summed E-state index contributed by atoms with van der Waals surface area (Å²) in [5.74, 6) is -1.96. The minimum Gasteiger partial charge on any atom is -0.379 e. The van der Waals surface area contributed by atoms with Crippen molar-refractivity contribution in [1.82, 2.24) is 10.2 Å². The van der Waals surface area contributed by atoms with E-state index < -0.39 is 61.5 Å². The monoisotopic (exact) mass is 668 g/mol. The zero-order valence-corrected chi connectivity index (χ0v) is 25.2. The number of carbonyl (C=O) groups is 1. The average Bonchev–Trinajstić information content (AvgIpc) is 3.36. The van der Waals surface area contributed by atoms with Crippen molar-refractivity contribution in [3.8, 4) is 0 Å². The first-order valence-electron chi connectivity index (χ1n) is 14.4. The number of benzene rings is 2. The van der Waals surface area contributed by atoms with Crippen LogP contribution in [0.25, 0.3) is 0 Å². The molecule has 3 aliphatic rings. The van der Waals surface area contributed by atoms with Crippen molar-refractivity contribution >= 4 is 15.7 Å². The number of nitrogens with one attached hydrogen (secondary N) is 1. The largest absolute Gasteiger partial charge is 0.435 e. The molecule has 2 aliphatic carbocycles. The third-order valence-electron chi connectivity index (χ3n) is 9.65. The fraction of sp³-hybridized carbons (Fsp3) is 0.567. The molecule has 1 amide bonds. The minimum absolute atomic E-state index is 0.0445. The quantitative estimate of drug-likeness (QED) is 0.314. The molecule has 1 aliphatic heterocycles. The molecule has 2 aromatic rings. The van der Waals surface area contributed by atoms with Crippen molar-refractivity contribution in [3.63, 3.8) is 0 Å². The van der Waals surface area contributed by atoms with Gasteiger partial charge in [0.15, 0.2) is 9.84 Å². The number of hydrogen-bond donors (Lipinski definition) is 1. The second-order valence-electron chi connectivity index (χ2n) is 12.3. The van der Waals surface area contributed by atoms with Crippen LogP contribution in [0.3, 0.4) is 0 Å². The number of amides is 1. The Labute approximate surface area is 255 Å². The summed E-state index contributed by atoms with van der Waals surface area (Å²) in [7, 11) is -4.50. The van der Waals surface area contributed by atoms with E-state index in [2.05, 4.69) is 5.32 Å². The van der Waals surface area contributed by atoms with Crippen molar-refractivity contribution in [2.75, 3.05) is 26.3 Å². The highest BCUT2D eigenvalue weighted by atomic mass is 32.2. The molecule has 3 atom stereocenters. The van der Waals surface area contributed by atoms with Crippen molar-refractivity contribution < 1.29 is 53.1 Å². The Morgan fingerprint density at radius 2 is 1.53 bits per heavy atom. The number of fused-ring (bicyclic) bond motifs is 3. The summed E-state index contributed by atoms with van der Waals surface area (Å²) < 4.78 is 143. The molecule has 1 saturated carbocycles. The number of halogens is 8. The maximum absolute atomic E-state index is 15.0. The summed E-state index contributed by atoms with van der Waals surface area (Å²) >= 11 is 0. The summed E-state index contributed by atoms with van der Waals surface area (Å²) in [6.07, 6.45) is -12.9. The summed E-state index contributed by atoms with van der Waals surface area (Å²) in [5.41, 5.74) is -8.64. The summed E-state index contributed by atoms with van der Waals surface area (Å²) in [6.45, 7) is 5.24. The van der Waals surface area contributed by atoms with Gasteiger partial charge in [-0.05, 0) is 74.9 Å². The number of hydrogen-bond acceptors (Lipinski definition) is 5. The van der Waals surface area contributed by atoms with Crippen LogP contribution < -0.4 is 5.32 Å². The van der Waals surface area contributed by atoms with E-state index in [9.17, 15) is 43.9 Å². The van der Waals surface area contributed by atoms with Gasteiger partial charge in [0.05, 0.1) is 23.6 Å². The molecule has 1 N–H and O–H groups in total. The summed E-state index contributed by atoms with van der Waals surface area (Å²) in [4.78, 5) is 15.2. The van der Waals surface area contributed by atoms with Gasteiger partial charge in [-0.15, -0.1) is 0 Å². The molecular weight excluding hydrogens is 636 g/mol. The van der Waals surface area contributed by atoms with E-state index >= 15 is 4.39 Å². The van der Waals surface area contributed by atoms with Gasteiger partial charge in [0, 0.05) is 30.6 Å². The minimum atomic E-state index is -6.34. The van der Waals surface area contributed by atoms with E-state index in [0.717, 1.165) is 30.3 Å². The Bertz CT molecular complexity index is 1540. The SMILES string of the molecule is CC(C)(C(=O)N[C@@H]1CC[C@@]2(S(=O)(=O)c3ccc(F)cc3)c3ccc(C(F)(C(F)(F)F)C(F)(F)F)cc3CC[C@@H]12)N1CCOCC1. The second-order valence-corrected chi connectivity index (χ2v) is 14.5. The van der Waals surface area contributed by atoms with E-state index in [4.69, 9.17) is 4.74 Å². The molecule has 2 fully saturated rings. The van der Waals surface area contributed by atoms with Gasteiger partial charge in [-0.1, -0.05) is 18.2 Å². The lowest BCUT2D eigenvalue weighted by Gasteiger charge is -2.44. The molecule has 15 heteroatoms. The van der Waals surface area contributed by atoms with Crippen LogP contribution in [0.15, 0.2) is 47.4 Å². The van der Waals surface area contributed by atoms with Crippen LogP contribution in [0, 0.1) is 11.7 Å². The third kappa shape index (κ3) is 5.22. The topological polar surface area (TPSA) is 75.7 Å². The highest BCUT2D eigenvalue weighted by Gasteiger charge is 2.74. The molecule has 5 rings (SSSR count). The molecule has 1 heterocycles. The number of alkyl halides is 7. The zero-order valence-electron chi connectivity index (χ0n) is 24.4. The maximum atomic E-state index is 15.0. The Morgan fingerprint density at radius 1 is 0.933 bits per heavy atom. The summed E-state index contributed by atoms with van der Waals surface area (Å²) in [6, 6.07) is 4.79. The van der Waals surface area contributed by atoms with Gasteiger partial charge in [-0.2, -0.15) is 26.3 Å². The molecule has 0 radical (unpaired) electrons. The molecule has 2 aromatic carbocycles. The third-order valence-corrected chi connectivity index (χ3v) is 12.2. The van der Waals surface area contributed by atoms with Crippen molar-refractivity contribution in [1.29, 1.82) is 0 Å². The van der Waals surface area contributed by atoms with Crippen LogP contribution in [0.2, 0.25) is 0 Å². The first-order chi connectivity index (χ1) is 20.8. The fourth-order valence-corrected chi connectivity index (χ4v) is 9.63. The van der Waals surface area contributed by atoms with E-state index in [1.165, 1.54) is 0 Å². The highest BCUT2D eigenvalue weighted by molar-refractivity contribution is 7.92. The van der Waals surface area contributed by atoms with Crippen LogP contribution in [0.5, 0.6) is 0 Å². The van der Waals surface area contributed by atoms with Gasteiger partial charge < -0.3 is 10.1 Å². The van der Waals surface area contributed by atoms with E-state index in [-0.39, 0.29) is 47.6 Å². The molecule has 1 saturated heterocycles. The first-order valence-corrected chi connectivity index (χ1v) is 15.9. The lowest BCUT2D eigenvalue weighted by Crippen LogP contribution is -2.60. The number of aryl methyl sites for hydroxylation is 1. The van der Waals surface area contributed by atoms with Crippen LogP contribution in [-0.2, 0) is 36.2 Å². The smallest absolute Gasteiger partial charge is 0.379 e. The Balaban J connectivity index is 1.61. The molecule has 0 aromatic heterocycles. The van der Waals surface area contributed by atoms with Crippen molar-refractivity contribution in [2.45, 2.75) is 78.8 Å². The Kier molecular flexibility index (Phi) is 8.34. The predicted octanol–water partition coefficient (Wildman–Crippen LogP) is 5.74. The number of carbonyl (C=O) groups excluding carboxylic acids is 1. The van der Waals surface area contributed by atoms with Crippen molar-refractivity contribution in [3.05, 3.63) is 65.0 Å². The van der Waals surface area contributed by atoms with E-state index in [1.807, 2.05) is 4.90 Å². The molecule has 0 spiro atoms. The molecule has 6 nitrogen and oxygen atoms in total. The molecule has 248 valence electrons. The molecule has 0 bridgehead atoms. The number of rotatable bonds is 6. The van der Waals surface area contributed by atoms with Gasteiger partial charge in [-0.3, -0.25) is 9.69 Å². The Hall–Kier alpha value is -2.78. The predicted molar refractivity (Wildman–Crippen MR) is 146 cm³/mol. The highest BCUT2D eigenvalue weighted by Crippen LogP contribution is 2.59. The van der Waals surface area contributed by atoms with E-state index in [0.29, 0.717) is 38.4 Å². The molecule has 45 heavy (non-hydrogen) atoms. The number of sulfone groups is 1. The average molecular weight is 669 g/mol. The Morgan fingerprint density at radius 3 is 2.11 bits per heavy atom. The lowest BCUT2D eigenvalue weighted by atomic mass is 9.73. The van der Waals surface area contributed by atoms with Crippen LogP contribution >= 0.6 is 0 Å². The first kappa shape index (κ1) is 33.6. The number of ether oxygens (including phenoxy) is 1. The summed E-state index contributed by atoms with van der Waals surface area (Å²) in [5, 5.41) is 2.98. The van der Waals surface area contributed by atoms with Gasteiger partial charge in [0.1, 0.15) is 10.6 Å². The van der Waals surface area contributed by atoms with Gasteiger partial charge >= 0.3 is 18.0 Å². The van der Waals surface area contributed by atoms with Gasteiger partial charge in [0.25, 0.3) is 0 Å². The number of nitrogens with zero attached hydrogens (tertiary/aromatic N) is 1. The van der Waals surface area contributed by atoms with Crippen LogP contribution in [0.4, 0.5) is 35.1 Å². The molecular formula is C30H32F8N2O4S. The van der Waals surface area contributed by atoms with Crippen LogP contribution in [-0.4, -0.2) is 69.5 Å². The fourth-order valence-electron chi connectivity index (χ4n) is 7.16. The maximum Gasteiger partial charge on any atom is 0.435 e. The standard InChI is InChI=1S/C30H32F8N2O4S/c1-26(2,40-13-15-44-16-14-40)25(41)39-24-11-12-27(45(42,43)21-7-5-20(31)6-8-21)22-10-4-19(17-18(22)3-9-23(24)27)28(32,29(33,34)35)30(36,37)38/h4-8,10,17,23-24H,3,9,11-16H2,1-2H3,(H,39,41)/t23-,24+,27+/m0/s1. The second kappa shape index (κ2) is 11.2.